The molecule has 0 saturated carbocycles. The molecule has 3 nitrogen and oxygen atoms in total. The molecule has 0 aromatic carbocycles. The minimum Gasteiger partial charge on any atom is -0.299 e. The Kier molecular flexibility index (Phi) is 3.79. The Labute approximate surface area is 97.3 Å². The van der Waals surface area contributed by atoms with Crippen LogP contribution in [0.3, 0.4) is 0 Å². The van der Waals surface area contributed by atoms with Gasteiger partial charge in [-0.25, -0.2) is 9.97 Å². The predicted octanol–water partition coefficient (Wildman–Crippen LogP) is 2.64. The van der Waals surface area contributed by atoms with Crippen molar-refractivity contribution in [1.82, 2.24) is 9.97 Å². The third kappa shape index (κ3) is 3.72. The fourth-order valence-corrected chi connectivity index (χ4v) is 1.54. The molecule has 0 aliphatic heterocycles. The molecular formula is C13H20N2O. The van der Waals surface area contributed by atoms with E-state index in [0.29, 0.717) is 12.8 Å². The molecular weight excluding hydrogens is 200 g/mol. The molecule has 0 N–H and O–H groups in total. The van der Waals surface area contributed by atoms with E-state index in [1.165, 1.54) is 0 Å². The van der Waals surface area contributed by atoms with Crippen molar-refractivity contribution in [3.63, 3.8) is 0 Å². The van der Waals surface area contributed by atoms with Crippen molar-refractivity contribution < 1.29 is 4.79 Å². The Hall–Kier alpha value is -1.25. The largest absolute Gasteiger partial charge is 0.299 e. The molecule has 0 saturated heterocycles. The van der Waals surface area contributed by atoms with E-state index in [-0.39, 0.29) is 11.2 Å². The number of rotatable bonds is 3. The summed E-state index contributed by atoms with van der Waals surface area (Å²) in [5.74, 6) is 1.06. The van der Waals surface area contributed by atoms with E-state index in [2.05, 4.69) is 9.97 Å². The van der Waals surface area contributed by atoms with Crippen molar-refractivity contribution in [2.75, 3.05) is 0 Å². The Morgan fingerprint density at radius 3 is 2.38 bits per heavy atom. The topological polar surface area (TPSA) is 42.9 Å². The lowest BCUT2D eigenvalue weighted by atomic mass is 9.88. The smallest absolute Gasteiger partial charge is 0.138 e. The van der Waals surface area contributed by atoms with Gasteiger partial charge in [-0.1, -0.05) is 20.8 Å². The maximum atomic E-state index is 11.8. The van der Waals surface area contributed by atoms with Crippen molar-refractivity contribution in [2.24, 2.45) is 5.41 Å². The average molecular weight is 220 g/mol. The van der Waals surface area contributed by atoms with Crippen LogP contribution < -0.4 is 0 Å². The third-order valence-corrected chi connectivity index (χ3v) is 2.46. The highest BCUT2D eigenvalue weighted by atomic mass is 16.1. The van der Waals surface area contributed by atoms with Gasteiger partial charge in [0.05, 0.1) is 0 Å². The molecule has 3 heteroatoms. The van der Waals surface area contributed by atoms with E-state index < -0.39 is 0 Å². The number of aryl methyl sites for hydroxylation is 3. The molecule has 0 amide bonds. The number of aromatic nitrogens is 2. The van der Waals surface area contributed by atoms with E-state index in [0.717, 1.165) is 17.2 Å². The second-order valence-electron chi connectivity index (χ2n) is 5.22. The minimum atomic E-state index is -0.253. The summed E-state index contributed by atoms with van der Waals surface area (Å²) in [4.78, 5) is 20.3. The first-order valence-corrected chi connectivity index (χ1v) is 5.63. The van der Waals surface area contributed by atoms with Crippen LogP contribution in [0.4, 0.5) is 0 Å². The van der Waals surface area contributed by atoms with Crippen molar-refractivity contribution in [1.29, 1.82) is 0 Å². The molecule has 1 aromatic rings. The van der Waals surface area contributed by atoms with Crippen molar-refractivity contribution >= 4 is 5.78 Å². The maximum Gasteiger partial charge on any atom is 0.138 e. The van der Waals surface area contributed by atoms with Gasteiger partial charge in [-0.2, -0.15) is 0 Å². The van der Waals surface area contributed by atoms with Gasteiger partial charge in [-0.15, -0.1) is 0 Å². The number of nitrogens with zero attached hydrogens (tertiary/aromatic N) is 2. The maximum absolute atomic E-state index is 11.8. The average Bonchev–Trinajstić information content (AvgIpc) is 2.11. The van der Waals surface area contributed by atoms with E-state index in [1.54, 1.807) is 0 Å². The lowest BCUT2D eigenvalue weighted by Crippen LogP contribution is -2.20. The van der Waals surface area contributed by atoms with Crippen LogP contribution in [0.2, 0.25) is 0 Å². The summed E-state index contributed by atoms with van der Waals surface area (Å²) in [6.45, 7) is 9.68. The van der Waals surface area contributed by atoms with E-state index in [4.69, 9.17) is 0 Å². The Morgan fingerprint density at radius 2 is 1.88 bits per heavy atom. The zero-order chi connectivity index (χ0) is 12.3. The highest BCUT2D eigenvalue weighted by Gasteiger charge is 2.20. The van der Waals surface area contributed by atoms with Gasteiger partial charge in [-0.05, 0) is 26.3 Å². The standard InChI is InChI=1S/C13H20N2O/c1-9-8-11(15-10(2)14-9)6-7-12(16)13(3,4)5/h8H,6-7H2,1-5H3. The number of carbonyl (C=O) groups excluding carboxylic acids is 1. The molecule has 88 valence electrons. The molecule has 1 heterocycles. The number of Topliss-reactive ketones (excluding diaryl/α,β-unsaturated/α-hetero) is 1. The molecule has 0 aliphatic rings. The summed E-state index contributed by atoms with van der Waals surface area (Å²) < 4.78 is 0. The molecule has 16 heavy (non-hydrogen) atoms. The van der Waals surface area contributed by atoms with Gasteiger partial charge in [0, 0.05) is 23.2 Å². The van der Waals surface area contributed by atoms with Gasteiger partial charge in [0.15, 0.2) is 0 Å². The lowest BCUT2D eigenvalue weighted by Gasteiger charge is -2.16. The van der Waals surface area contributed by atoms with Crippen LogP contribution in [0.15, 0.2) is 6.07 Å². The zero-order valence-electron chi connectivity index (χ0n) is 10.8. The molecule has 1 aromatic heterocycles. The van der Waals surface area contributed by atoms with Crippen molar-refractivity contribution in [3.8, 4) is 0 Å². The van der Waals surface area contributed by atoms with Gasteiger partial charge in [0.1, 0.15) is 11.6 Å². The van der Waals surface area contributed by atoms with E-state index in [1.807, 2.05) is 40.7 Å². The molecule has 0 aliphatic carbocycles. The van der Waals surface area contributed by atoms with Gasteiger partial charge >= 0.3 is 0 Å². The van der Waals surface area contributed by atoms with Crippen LogP contribution in [0.25, 0.3) is 0 Å². The fourth-order valence-electron chi connectivity index (χ4n) is 1.54. The molecule has 0 atom stereocenters. The fraction of sp³-hybridized carbons (Fsp3) is 0.615. The molecule has 1 rings (SSSR count). The molecule has 0 bridgehead atoms. The second-order valence-corrected chi connectivity index (χ2v) is 5.22. The highest BCUT2D eigenvalue weighted by Crippen LogP contribution is 2.18. The first-order chi connectivity index (χ1) is 7.29. The zero-order valence-corrected chi connectivity index (χ0v) is 10.8. The predicted molar refractivity (Wildman–Crippen MR) is 64.3 cm³/mol. The Bertz CT molecular complexity index is 371. The second kappa shape index (κ2) is 4.73. The lowest BCUT2D eigenvalue weighted by molar-refractivity contribution is -0.126. The van der Waals surface area contributed by atoms with Gasteiger partial charge in [-0.3, -0.25) is 4.79 Å². The van der Waals surface area contributed by atoms with Crippen LogP contribution in [0.1, 0.15) is 44.4 Å². The van der Waals surface area contributed by atoms with Gasteiger partial charge in [0.2, 0.25) is 0 Å². The molecule has 0 unspecified atom stereocenters. The SMILES string of the molecule is Cc1cc(CCC(=O)C(C)(C)C)nc(C)n1. The van der Waals surface area contributed by atoms with Crippen LogP contribution in [0, 0.1) is 19.3 Å². The highest BCUT2D eigenvalue weighted by molar-refractivity contribution is 5.83. The minimum absolute atomic E-state index is 0.253. The Balaban J connectivity index is 2.65. The summed E-state index contributed by atoms with van der Waals surface area (Å²) in [5, 5.41) is 0. The van der Waals surface area contributed by atoms with Crippen LogP contribution in [0.5, 0.6) is 0 Å². The number of ketones is 1. The number of hydrogen-bond acceptors (Lipinski definition) is 3. The van der Waals surface area contributed by atoms with Gasteiger partial charge < -0.3 is 0 Å². The van der Waals surface area contributed by atoms with E-state index in [9.17, 15) is 4.79 Å². The number of carbonyl (C=O) groups is 1. The first kappa shape index (κ1) is 12.8. The summed E-state index contributed by atoms with van der Waals surface area (Å²) in [6.07, 6.45) is 1.26. The quantitative estimate of drug-likeness (QED) is 0.786. The monoisotopic (exact) mass is 220 g/mol. The molecule has 0 radical (unpaired) electrons. The van der Waals surface area contributed by atoms with E-state index >= 15 is 0 Å². The van der Waals surface area contributed by atoms with Crippen LogP contribution in [-0.2, 0) is 11.2 Å². The molecule has 0 spiro atoms. The van der Waals surface area contributed by atoms with Gasteiger partial charge in [0.25, 0.3) is 0 Å². The summed E-state index contributed by atoms with van der Waals surface area (Å²) in [7, 11) is 0. The van der Waals surface area contributed by atoms with Crippen molar-refractivity contribution in [2.45, 2.75) is 47.5 Å². The Morgan fingerprint density at radius 1 is 1.25 bits per heavy atom. The first-order valence-electron chi connectivity index (χ1n) is 5.63. The molecule has 0 fully saturated rings. The van der Waals surface area contributed by atoms with Crippen LogP contribution in [-0.4, -0.2) is 15.8 Å². The van der Waals surface area contributed by atoms with Crippen molar-refractivity contribution in [3.05, 3.63) is 23.3 Å². The third-order valence-electron chi connectivity index (χ3n) is 2.46. The summed E-state index contributed by atoms with van der Waals surface area (Å²) >= 11 is 0. The number of hydrogen-bond donors (Lipinski definition) is 0. The normalized spacial score (nSPS) is 11.6. The summed E-state index contributed by atoms with van der Waals surface area (Å²) in [5.41, 5.74) is 1.67. The van der Waals surface area contributed by atoms with Crippen LogP contribution >= 0.6 is 0 Å². The summed E-state index contributed by atoms with van der Waals surface area (Å²) in [6, 6.07) is 1.95.